The Hall–Kier alpha value is -1.43. The Labute approximate surface area is 104 Å². The molecule has 0 bridgehead atoms. The second kappa shape index (κ2) is 4.44. The first-order valence-electron chi connectivity index (χ1n) is 5.51. The van der Waals surface area contributed by atoms with Crippen LogP contribution in [0.5, 0.6) is 0 Å². The van der Waals surface area contributed by atoms with Crippen LogP contribution in [0.1, 0.15) is 32.6 Å². The van der Waals surface area contributed by atoms with Crippen molar-refractivity contribution in [3.05, 3.63) is 21.6 Å². The molecule has 1 aliphatic carbocycles. The summed E-state index contributed by atoms with van der Waals surface area (Å²) < 4.78 is 0. The van der Waals surface area contributed by atoms with Crippen LogP contribution in [-0.4, -0.2) is 20.4 Å². The fourth-order valence-corrected chi connectivity index (χ4v) is 2.23. The minimum atomic E-state index is -0.549. The van der Waals surface area contributed by atoms with Crippen molar-refractivity contribution in [3.8, 4) is 0 Å². The van der Waals surface area contributed by atoms with Gasteiger partial charge in [0.2, 0.25) is 11.0 Å². The second-order valence-corrected chi connectivity index (χ2v) is 4.59. The number of nitrogens with one attached hydrogen (secondary N) is 1. The molecular formula is C10H13ClN4O2. The highest BCUT2D eigenvalue weighted by molar-refractivity contribution is 6.31. The standard InChI is InChI=1S/C10H13ClN4O2/c1-2-10(4-3-5-10)14-9-7(15(16)17)8(11)12-6-13-9/h6H,2-5H2,1H3,(H,12,13,14). The SMILES string of the molecule is CCC1(Nc2ncnc(Cl)c2[N+](=O)[O-])CCC1. The van der Waals surface area contributed by atoms with Crippen molar-refractivity contribution in [3.63, 3.8) is 0 Å². The van der Waals surface area contributed by atoms with E-state index in [9.17, 15) is 10.1 Å². The molecule has 1 aromatic rings. The number of nitrogens with zero attached hydrogens (tertiary/aromatic N) is 3. The van der Waals surface area contributed by atoms with Gasteiger partial charge in [0, 0.05) is 5.54 Å². The minimum absolute atomic E-state index is 0.0670. The smallest absolute Gasteiger partial charge is 0.348 e. The Kier molecular flexibility index (Phi) is 3.15. The molecule has 0 saturated heterocycles. The van der Waals surface area contributed by atoms with E-state index in [0.29, 0.717) is 0 Å². The van der Waals surface area contributed by atoms with Crippen LogP contribution in [0.4, 0.5) is 11.5 Å². The molecule has 1 N–H and O–H groups in total. The predicted molar refractivity (Wildman–Crippen MR) is 64.2 cm³/mol. The van der Waals surface area contributed by atoms with E-state index in [0.717, 1.165) is 25.7 Å². The third-order valence-electron chi connectivity index (χ3n) is 3.33. The van der Waals surface area contributed by atoms with Crippen LogP contribution in [0.15, 0.2) is 6.33 Å². The second-order valence-electron chi connectivity index (χ2n) is 4.23. The highest BCUT2D eigenvalue weighted by Crippen LogP contribution is 2.40. The molecule has 0 amide bonds. The van der Waals surface area contributed by atoms with Gasteiger partial charge >= 0.3 is 5.69 Å². The van der Waals surface area contributed by atoms with E-state index in [1.807, 2.05) is 0 Å². The fourth-order valence-electron chi connectivity index (χ4n) is 2.03. The molecule has 1 aliphatic rings. The molecule has 0 radical (unpaired) electrons. The molecule has 7 heteroatoms. The Morgan fingerprint density at radius 2 is 2.29 bits per heavy atom. The Morgan fingerprint density at radius 1 is 1.59 bits per heavy atom. The van der Waals surface area contributed by atoms with Gasteiger partial charge in [-0.25, -0.2) is 9.97 Å². The van der Waals surface area contributed by atoms with Crippen molar-refractivity contribution in [2.24, 2.45) is 0 Å². The number of aromatic nitrogens is 2. The molecule has 6 nitrogen and oxygen atoms in total. The van der Waals surface area contributed by atoms with Crippen molar-refractivity contribution in [1.82, 2.24) is 9.97 Å². The summed E-state index contributed by atoms with van der Waals surface area (Å²) in [7, 11) is 0. The molecule has 92 valence electrons. The average molecular weight is 257 g/mol. The van der Waals surface area contributed by atoms with Gasteiger partial charge in [-0.05, 0) is 25.7 Å². The first-order chi connectivity index (χ1) is 8.08. The fraction of sp³-hybridized carbons (Fsp3) is 0.600. The zero-order valence-corrected chi connectivity index (χ0v) is 10.2. The maximum absolute atomic E-state index is 10.9. The molecule has 17 heavy (non-hydrogen) atoms. The normalized spacial score (nSPS) is 17.3. The summed E-state index contributed by atoms with van der Waals surface area (Å²) in [5.41, 5.74) is -0.309. The van der Waals surface area contributed by atoms with E-state index in [1.165, 1.54) is 6.33 Å². The van der Waals surface area contributed by atoms with E-state index in [2.05, 4.69) is 22.2 Å². The van der Waals surface area contributed by atoms with Gasteiger partial charge in [-0.2, -0.15) is 0 Å². The monoisotopic (exact) mass is 256 g/mol. The molecule has 0 unspecified atom stereocenters. The molecule has 0 atom stereocenters. The van der Waals surface area contributed by atoms with E-state index in [4.69, 9.17) is 11.6 Å². The van der Waals surface area contributed by atoms with Crippen molar-refractivity contribution >= 4 is 23.1 Å². The topological polar surface area (TPSA) is 81.0 Å². The van der Waals surface area contributed by atoms with Crippen LogP contribution in [0.3, 0.4) is 0 Å². The molecule has 0 aromatic carbocycles. The predicted octanol–water partition coefficient (Wildman–Crippen LogP) is 2.78. The summed E-state index contributed by atoms with van der Waals surface area (Å²) in [6.07, 6.45) is 5.28. The molecule has 0 aliphatic heterocycles. The summed E-state index contributed by atoms with van der Waals surface area (Å²) in [5.74, 6) is 0.219. The first-order valence-corrected chi connectivity index (χ1v) is 5.89. The molecule has 2 rings (SSSR count). The average Bonchev–Trinajstić information content (AvgIpc) is 2.23. The molecule has 1 heterocycles. The van der Waals surface area contributed by atoms with Crippen molar-refractivity contribution in [1.29, 1.82) is 0 Å². The number of nitro groups is 1. The van der Waals surface area contributed by atoms with E-state index in [1.54, 1.807) is 0 Å². The third kappa shape index (κ3) is 2.17. The van der Waals surface area contributed by atoms with Crippen molar-refractivity contribution < 1.29 is 4.92 Å². The lowest BCUT2D eigenvalue weighted by atomic mass is 9.75. The summed E-state index contributed by atoms with van der Waals surface area (Å²) in [5, 5.41) is 14.0. The van der Waals surface area contributed by atoms with Crippen molar-refractivity contribution in [2.75, 3.05) is 5.32 Å². The Bertz CT molecular complexity index is 442. The van der Waals surface area contributed by atoms with E-state index < -0.39 is 4.92 Å². The zero-order chi connectivity index (χ0) is 12.5. The summed E-state index contributed by atoms with van der Waals surface area (Å²) >= 11 is 5.72. The van der Waals surface area contributed by atoms with Gasteiger partial charge in [-0.15, -0.1) is 0 Å². The lowest BCUT2D eigenvalue weighted by Crippen LogP contribution is -2.44. The number of rotatable bonds is 4. The van der Waals surface area contributed by atoms with Gasteiger partial charge in [0.15, 0.2) is 0 Å². The largest absolute Gasteiger partial charge is 0.359 e. The van der Waals surface area contributed by atoms with Gasteiger partial charge < -0.3 is 5.32 Å². The van der Waals surface area contributed by atoms with E-state index >= 15 is 0 Å². The summed E-state index contributed by atoms with van der Waals surface area (Å²) in [4.78, 5) is 17.9. The molecule has 0 spiro atoms. The highest BCUT2D eigenvalue weighted by atomic mass is 35.5. The molecule has 1 aromatic heterocycles. The van der Waals surface area contributed by atoms with Gasteiger partial charge in [0.1, 0.15) is 6.33 Å². The summed E-state index contributed by atoms with van der Waals surface area (Å²) in [6, 6.07) is 0. The minimum Gasteiger partial charge on any atom is -0.359 e. The van der Waals surface area contributed by atoms with Crippen LogP contribution < -0.4 is 5.32 Å². The van der Waals surface area contributed by atoms with Crippen LogP contribution in [-0.2, 0) is 0 Å². The maximum Gasteiger partial charge on any atom is 0.348 e. The third-order valence-corrected chi connectivity index (χ3v) is 3.61. The number of halogens is 1. The molecule has 1 saturated carbocycles. The first kappa shape index (κ1) is 12.0. The van der Waals surface area contributed by atoms with Crippen LogP contribution in [0.2, 0.25) is 5.15 Å². The van der Waals surface area contributed by atoms with Gasteiger partial charge in [0.25, 0.3) is 0 Å². The van der Waals surface area contributed by atoms with Crippen molar-refractivity contribution in [2.45, 2.75) is 38.1 Å². The van der Waals surface area contributed by atoms with Crippen LogP contribution >= 0.6 is 11.6 Å². The summed E-state index contributed by atoms with van der Waals surface area (Å²) in [6.45, 7) is 2.06. The number of anilines is 1. The van der Waals surface area contributed by atoms with Crippen LogP contribution in [0.25, 0.3) is 0 Å². The maximum atomic E-state index is 10.9. The molecular weight excluding hydrogens is 244 g/mol. The number of hydrogen-bond acceptors (Lipinski definition) is 5. The van der Waals surface area contributed by atoms with Gasteiger partial charge in [-0.3, -0.25) is 10.1 Å². The highest BCUT2D eigenvalue weighted by Gasteiger charge is 2.37. The Morgan fingerprint density at radius 3 is 2.76 bits per heavy atom. The van der Waals surface area contributed by atoms with Gasteiger partial charge in [0.05, 0.1) is 4.92 Å². The number of hydrogen-bond donors (Lipinski definition) is 1. The quantitative estimate of drug-likeness (QED) is 0.509. The van der Waals surface area contributed by atoms with Crippen LogP contribution in [0, 0.1) is 10.1 Å². The lowest BCUT2D eigenvalue weighted by Gasteiger charge is -2.42. The Balaban J connectivity index is 2.32. The van der Waals surface area contributed by atoms with E-state index in [-0.39, 0.29) is 22.2 Å². The lowest BCUT2D eigenvalue weighted by molar-refractivity contribution is -0.384. The van der Waals surface area contributed by atoms with Gasteiger partial charge in [-0.1, -0.05) is 18.5 Å². The zero-order valence-electron chi connectivity index (χ0n) is 9.44. The molecule has 1 fully saturated rings.